The molecule has 2 N–H and O–H groups in total. The van der Waals surface area contributed by atoms with Crippen LogP contribution in [0.15, 0.2) is 72.8 Å². The number of nitrogens with two attached hydrogens (primary N) is 1. The fraction of sp³-hybridized carbons (Fsp3) is 0.200. The second-order valence-electron chi connectivity index (χ2n) is 7.14. The number of hydrogen-bond donors (Lipinski definition) is 1. The van der Waals surface area contributed by atoms with Crippen molar-refractivity contribution in [3.63, 3.8) is 0 Å². The second-order valence-corrected chi connectivity index (χ2v) is 7.14. The SMILES string of the molecule is CC(C(=O)OCN)C(=O)OC(C)c1ccc(Oc2ccc(F)cc2)cc1.c1cc2cc-2c1. The summed E-state index contributed by atoms with van der Waals surface area (Å²) in [5, 5.41) is 0. The Hall–Kier alpha value is -3.71. The van der Waals surface area contributed by atoms with E-state index in [0.29, 0.717) is 11.5 Å². The maximum absolute atomic E-state index is 12.9. The Kier molecular flexibility index (Phi) is 7.57. The first kappa shape index (κ1) is 23.0. The van der Waals surface area contributed by atoms with Crippen LogP contribution in [0.1, 0.15) is 25.5 Å². The van der Waals surface area contributed by atoms with Gasteiger partial charge in [0.2, 0.25) is 0 Å². The van der Waals surface area contributed by atoms with E-state index >= 15 is 0 Å². The molecule has 0 bridgehead atoms. The third-order valence-electron chi connectivity index (χ3n) is 4.74. The Labute approximate surface area is 185 Å². The minimum atomic E-state index is -1.05. The molecule has 0 amide bonds. The monoisotopic (exact) mass is 437 g/mol. The molecule has 2 aliphatic rings. The standard InChI is InChI=1S/C19H20FNO5.C6H4/c1-12(18(22)24-11-21)19(23)25-13(2)14-3-7-16(8-4-14)26-17-9-5-15(20)6-10-17;1-2-5-4-6(5)3-1/h3-10,12-13H,11,21H2,1-2H3;1-4H. The van der Waals surface area contributed by atoms with Gasteiger partial charge in [-0.25, -0.2) is 4.39 Å². The summed E-state index contributed by atoms with van der Waals surface area (Å²) >= 11 is 0. The number of fused-ring (bicyclic) bond motifs is 1. The Bertz CT molecular complexity index is 1050. The van der Waals surface area contributed by atoms with Gasteiger partial charge in [0, 0.05) is 0 Å². The predicted octanol–water partition coefficient (Wildman–Crippen LogP) is 4.98. The number of carbonyl (C=O) groups is 2. The highest BCUT2D eigenvalue weighted by Gasteiger charge is 2.26. The minimum absolute atomic E-state index is 0.290. The number of hydrogen-bond acceptors (Lipinski definition) is 6. The van der Waals surface area contributed by atoms with Gasteiger partial charge in [-0.3, -0.25) is 15.3 Å². The summed E-state index contributed by atoms with van der Waals surface area (Å²) in [5.41, 5.74) is 8.69. The molecule has 0 aromatic heterocycles. The Morgan fingerprint density at radius 3 is 1.91 bits per heavy atom. The molecule has 32 heavy (non-hydrogen) atoms. The van der Waals surface area contributed by atoms with Gasteiger partial charge in [-0.1, -0.05) is 30.3 Å². The van der Waals surface area contributed by atoms with E-state index in [4.69, 9.17) is 15.2 Å². The number of benzene rings is 3. The van der Waals surface area contributed by atoms with Gasteiger partial charge in [0.1, 0.15) is 30.2 Å². The van der Waals surface area contributed by atoms with Crippen LogP contribution in [0.2, 0.25) is 0 Å². The summed E-state index contributed by atoms with van der Waals surface area (Å²) in [6.45, 7) is 2.79. The van der Waals surface area contributed by atoms with Gasteiger partial charge in [0.25, 0.3) is 0 Å². The van der Waals surface area contributed by atoms with Crippen molar-refractivity contribution in [2.45, 2.75) is 20.0 Å². The van der Waals surface area contributed by atoms with Gasteiger partial charge in [0.05, 0.1) is 0 Å². The fourth-order valence-electron chi connectivity index (χ4n) is 2.77. The molecule has 0 saturated heterocycles. The molecule has 166 valence electrons. The zero-order chi connectivity index (χ0) is 23.1. The molecule has 0 aliphatic heterocycles. The summed E-state index contributed by atoms with van der Waals surface area (Å²) in [5.74, 6) is -1.75. The van der Waals surface area contributed by atoms with E-state index in [2.05, 4.69) is 29.0 Å². The average Bonchev–Trinajstić information content (AvgIpc) is 3.40. The van der Waals surface area contributed by atoms with Crippen LogP contribution in [-0.4, -0.2) is 18.7 Å². The van der Waals surface area contributed by atoms with E-state index in [0.717, 1.165) is 5.56 Å². The van der Waals surface area contributed by atoms with Gasteiger partial charge >= 0.3 is 11.9 Å². The van der Waals surface area contributed by atoms with Gasteiger partial charge in [-0.05, 0) is 73.0 Å². The lowest BCUT2D eigenvalue weighted by Crippen LogP contribution is -2.27. The molecule has 0 fully saturated rings. The maximum Gasteiger partial charge on any atom is 0.321 e. The van der Waals surface area contributed by atoms with Crippen molar-refractivity contribution in [3.05, 3.63) is 84.2 Å². The van der Waals surface area contributed by atoms with Gasteiger partial charge in [0.15, 0.2) is 5.92 Å². The molecule has 2 atom stereocenters. The van der Waals surface area contributed by atoms with Crippen molar-refractivity contribution in [3.8, 4) is 22.6 Å². The summed E-state index contributed by atoms with van der Waals surface area (Å²) in [7, 11) is 0. The third kappa shape index (κ3) is 6.39. The van der Waals surface area contributed by atoms with E-state index in [1.165, 1.54) is 42.3 Å². The van der Waals surface area contributed by atoms with Crippen LogP contribution in [0.5, 0.6) is 11.5 Å². The van der Waals surface area contributed by atoms with E-state index in [-0.39, 0.29) is 12.5 Å². The van der Waals surface area contributed by atoms with E-state index in [9.17, 15) is 14.0 Å². The van der Waals surface area contributed by atoms with Gasteiger partial charge in [-0.2, -0.15) is 0 Å². The lowest BCUT2D eigenvalue weighted by Gasteiger charge is -2.16. The number of halogens is 1. The molecular weight excluding hydrogens is 413 g/mol. The summed E-state index contributed by atoms with van der Waals surface area (Å²) in [6, 6.07) is 21.0. The van der Waals surface area contributed by atoms with Crippen LogP contribution < -0.4 is 10.5 Å². The molecule has 2 aromatic rings. The van der Waals surface area contributed by atoms with Crippen molar-refractivity contribution < 1.29 is 28.2 Å². The van der Waals surface area contributed by atoms with Crippen LogP contribution in [-0.2, 0) is 19.1 Å². The quantitative estimate of drug-likeness (QED) is 0.249. The van der Waals surface area contributed by atoms with Crippen LogP contribution in [0.25, 0.3) is 11.1 Å². The van der Waals surface area contributed by atoms with Crippen molar-refractivity contribution in [2.24, 2.45) is 11.7 Å². The molecule has 0 heterocycles. The van der Waals surface area contributed by atoms with E-state index in [1.54, 1.807) is 31.2 Å². The Balaban J connectivity index is 0.000000405. The van der Waals surface area contributed by atoms with Crippen molar-refractivity contribution in [1.82, 2.24) is 0 Å². The molecule has 2 unspecified atom stereocenters. The van der Waals surface area contributed by atoms with Crippen LogP contribution >= 0.6 is 0 Å². The first-order chi connectivity index (χ1) is 15.4. The molecule has 4 rings (SSSR count). The van der Waals surface area contributed by atoms with E-state index in [1.807, 2.05) is 0 Å². The van der Waals surface area contributed by atoms with Crippen molar-refractivity contribution >= 4 is 11.9 Å². The van der Waals surface area contributed by atoms with Gasteiger partial charge < -0.3 is 14.2 Å². The Morgan fingerprint density at radius 1 is 0.875 bits per heavy atom. The summed E-state index contributed by atoms with van der Waals surface area (Å²) < 4.78 is 28.4. The molecule has 2 aromatic carbocycles. The normalized spacial score (nSPS) is 12.5. The summed E-state index contributed by atoms with van der Waals surface area (Å²) in [6.07, 6.45) is -0.560. The molecular formula is C25H24FNO5. The van der Waals surface area contributed by atoms with Crippen LogP contribution in [0, 0.1) is 11.7 Å². The zero-order valence-electron chi connectivity index (χ0n) is 17.8. The van der Waals surface area contributed by atoms with Crippen LogP contribution in [0.4, 0.5) is 4.39 Å². The first-order valence-electron chi connectivity index (χ1n) is 10.1. The predicted molar refractivity (Wildman–Crippen MR) is 117 cm³/mol. The van der Waals surface area contributed by atoms with Crippen LogP contribution in [0.3, 0.4) is 0 Å². The van der Waals surface area contributed by atoms with Gasteiger partial charge in [-0.15, -0.1) is 0 Å². The Morgan fingerprint density at radius 2 is 1.44 bits per heavy atom. The molecule has 0 radical (unpaired) electrons. The highest BCUT2D eigenvalue weighted by molar-refractivity contribution is 5.94. The number of rotatable bonds is 7. The first-order valence-corrected chi connectivity index (χ1v) is 10.1. The number of carbonyl (C=O) groups excluding carboxylic acids is 2. The lowest BCUT2D eigenvalue weighted by molar-refractivity contribution is -0.164. The van der Waals surface area contributed by atoms with Crippen molar-refractivity contribution in [2.75, 3.05) is 6.73 Å². The molecule has 0 saturated carbocycles. The third-order valence-corrected chi connectivity index (χ3v) is 4.74. The smallest absolute Gasteiger partial charge is 0.321 e. The lowest BCUT2D eigenvalue weighted by atomic mass is 10.1. The zero-order valence-corrected chi connectivity index (χ0v) is 17.8. The molecule has 7 heteroatoms. The molecule has 0 spiro atoms. The molecule has 6 nitrogen and oxygen atoms in total. The number of ether oxygens (including phenoxy) is 3. The fourth-order valence-corrected chi connectivity index (χ4v) is 2.77. The second kappa shape index (κ2) is 10.5. The topological polar surface area (TPSA) is 87.9 Å². The largest absolute Gasteiger partial charge is 0.457 e. The maximum atomic E-state index is 12.9. The highest BCUT2D eigenvalue weighted by atomic mass is 19.1. The van der Waals surface area contributed by atoms with Crippen molar-refractivity contribution in [1.29, 1.82) is 0 Å². The highest BCUT2D eigenvalue weighted by Crippen LogP contribution is 2.32. The molecule has 2 aliphatic carbocycles. The average molecular weight is 437 g/mol. The number of esters is 2. The minimum Gasteiger partial charge on any atom is -0.457 e. The van der Waals surface area contributed by atoms with E-state index < -0.39 is 24.0 Å². The summed E-state index contributed by atoms with van der Waals surface area (Å²) in [4.78, 5) is 23.5.